The molecule has 21 heavy (non-hydrogen) atoms. The van der Waals surface area contributed by atoms with Crippen molar-refractivity contribution >= 4 is 5.97 Å². The van der Waals surface area contributed by atoms with Gasteiger partial charge < -0.3 is 5.11 Å². The van der Waals surface area contributed by atoms with E-state index >= 15 is 0 Å². The summed E-state index contributed by atoms with van der Waals surface area (Å²) in [6.45, 7) is 4.50. The van der Waals surface area contributed by atoms with Gasteiger partial charge in [-0.25, -0.2) is 0 Å². The molecule has 0 aromatic rings. The van der Waals surface area contributed by atoms with Crippen LogP contribution < -0.4 is 0 Å². The molecule has 0 rings (SSSR count). The quantitative estimate of drug-likeness (QED) is 0.282. The van der Waals surface area contributed by atoms with E-state index in [2.05, 4.69) is 26.0 Å². The van der Waals surface area contributed by atoms with E-state index in [1.54, 1.807) is 0 Å². The Morgan fingerprint density at radius 1 is 0.905 bits per heavy atom. The molecule has 0 heterocycles. The van der Waals surface area contributed by atoms with Gasteiger partial charge in [0.1, 0.15) is 0 Å². The number of carboxylic acid groups (broad SMARTS) is 1. The summed E-state index contributed by atoms with van der Waals surface area (Å²) in [7, 11) is 0. The molecular weight excluding hydrogens is 260 g/mol. The third kappa shape index (κ3) is 17.2. The fraction of sp³-hybridized carbons (Fsp3) is 0.842. The van der Waals surface area contributed by atoms with Gasteiger partial charge in [-0.1, -0.05) is 70.9 Å². The predicted molar refractivity (Wildman–Crippen MR) is 91.6 cm³/mol. The van der Waals surface area contributed by atoms with Gasteiger partial charge in [0.25, 0.3) is 0 Å². The minimum atomic E-state index is -0.667. The Kier molecular flexibility index (Phi) is 15.0. The van der Waals surface area contributed by atoms with Crippen molar-refractivity contribution in [1.82, 2.24) is 0 Å². The SMILES string of the molecule is CCCCCCCC/C=C/CCCC(C)CCCC(=O)O. The van der Waals surface area contributed by atoms with Crippen LogP contribution in [0, 0.1) is 5.92 Å². The summed E-state index contributed by atoms with van der Waals surface area (Å²) in [5, 5.41) is 8.59. The zero-order valence-corrected chi connectivity index (χ0v) is 14.3. The van der Waals surface area contributed by atoms with Crippen molar-refractivity contribution in [2.75, 3.05) is 0 Å². The van der Waals surface area contributed by atoms with E-state index in [0.29, 0.717) is 12.3 Å². The molecule has 0 aliphatic rings. The number of carbonyl (C=O) groups is 1. The van der Waals surface area contributed by atoms with Gasteiger partial charge in [0.2, 0.25) is 0 Å². The van der Waals surface area contributed by atoms with Gasteiger partial charge in [-0.15, -0.1) is 0 Å². The largest absolute Gasteiger partial charge is 0.481 e. The lowest BCUT2D eigenvalue weighted by Crippen LogP contribution is -1.99. The molecule has 0 amide bonds. The van der Waals surface area contributed by atoms with Crippen LogP contribution in [0.5, 0.6) is 0 Å². The van der Waals surface area contributed by atoms with Crippen LogP contribution in [0.25, 0.3) is 0 Å². The zero-order valence-electron chi connectivity index (χ0n) is 14.3. The van der Waals surface area contributed by atoms with E-state index in [0.717, 1.165) is 12.8 Å². The van der Waals surface area contributed by atoms with Crippen LogP contribution in [0.15, 0.2) is 12.2 Å². The molecule has 0 aliphatic heterocycles. The summed E-state index contributed by atoms with van der Waals surface area (Å²) in [4.78, 5) is 10.4. The molecule has 0 aliphatic carbocycles. The highest BCUT2D eigenvalue weighted by atomic mass is 16.4. The fourth-order valence-electron chi connectivity index (χ4n) is 2.61. The molecule has 0 radical (unpaired) electrons. The molecular formula is C19H36O2. The number of allylic oxidation sites excluding steroid dienone is 2. The second-order valence-corrected chi connectivity index (χ2v) is 6.35. The Labute approximate surface area is 132 Å². The highest BCUT2D eigenvalue weighted by Gasteiger charge is 2.03. The van der Waals surface area contributed by atoms with Crippen molar-refractivity contribution < 1.29 is 9.90 Å². The van der Waals surface area contributed by atoms with Crippen LogP contribution in [0.1, 0.15) is 97.3 Å². The predicted octanol–water partition coefficient (Wildman–Crippen LogP) is 6.35. The molecule has 1 unspecified atom stereocenters. The van der Waals surface area contributed by atoms with E-state index in [4.69, 9.17) is 5.11 Å². The molecule has 0 spiro atoms. The second kappa shape index (κ2) is 15.6. The lowest BCUT2D eigenvalue weighted by atomic mass is 9.98. The summed E-state index contributed by atoms with van der Waals surface area (Å²) >= 11 is 0. The first kappa shape index (κ1) is 20.2. The smallest absolute Gasteiger partial charge is 0.303 e. The first-order valence-corrected chi connectivity index (χ1v) is 9.03. The van der Waals surface area contributed by atoms with Crippen LogP contribution in [-0.4, -0.2) is 11.1 Å². The van der Waals surface area contributed by atoms with Crippen LogP contribution in [0.2, 0.25) is 0 Å². The van der Waals surface area contributed by atoms with Crippen LogP contribution in [0.4, 0.5) is 0 Å². The standard InChI is InChI=1S/C19H36O2/c1-3-4-5-6-7-8-9-10-11-12-13-15-18(2)16-14-17-19(20)21/h10-11,18H,3-9,12-17H2,1-2H3,(H,20,21)/b11-10+. The third-order valence-corrected chi connectivity index (χ3v) is 4.05. The Morgan fingerprint density at radius 3 is 2.14 bits per heavy atom. The Bertz CT molecular complexity index is 258. The molecule has 1 atom stereocenters. The highest BCUT2D eigenvalue weighted by molar-refractivity contribution is 5.66. The lowest BCUT2D eigenvalue weighted by Gasteiger charge is -2.08. The van der Waals surface area contributed by atoms with Crippen molar-refractivity contribution in [2.45, 2.75) is 97.3 Å². The third-order valence-electron chi connectivity index (χ3n) is 4.05. The molecule has 2 heteroatoms. The summed E-state index contributed by atoms with van der Waals surface area (Å²) in [5.41, 5.74) is 0. The molecule has 0 saturated carbocycles. The van der Waals surface area contributed by atoms with Gasteiger partial charge in [0, 0.05) is 6.42 Å². The summed E-state index contributed by atoms with van der Waals surface area (Å²) in [5.74, 6) is -0.00357. The highest BCUT2D eigenvalue weighted by Crippen LogP contribution is 2.15. The zero-order chi connectivity index (χ0) is 15.8. The molecule has 0 bridgehead atoms. The monoisotopic (exact) mass is 296 g/mol. The number of aliphatic carboxylic acids is 1. The number of rotatable bonds is 15. The van der Waals surface area contributed by atoms with E-state index in [9.17, 15) is 4.79 Å². The Hall–Kier alpha value is -0.790. The van der Waals surface area contributed by atoms with E-state index < -0.39 is 5.97 Å². The van der Waals surface area contributed by atoms with Gasteiger partial charge >= 0.3 is 5.97 Å². The molecule has 1 N–H and O–H groups in total. The van der Waals surface area contributed by atoms with Gasteiger partial charge in [0.05, 0.1) is 0 Å². The summed E-state index contributed by atoms with van der Waals surface area (Å²) in [6, 6.07) is 0. The number of hydrogen-bond donors (Lipinski definition) is 1. The number of unbranched alkanes of at least 4 members (excludes halogenated alkanes) is 7. The van der Waals surface area contributed by atoms with Crippen molar-refractivity contribution in [1.29, 1.82) is 0 Å². The maximum Gasteiger partial charge on any atom is 0.303 e. The maximum absolute atomic E-state index is 10.4. The van der Waals surface area contributed by atoms with Crippen molar-refractivity contribution in [3.63, 3.8) is 0 Å². The average Bonchev–Trinajstić information content (AvgIpc) is 2.44. The van der Waals surface area contributed by atoms with Crippen LogP contribution >= 0.6 is 0 Å². The summed E-state index contributed by atoms with van der Waals surface area (Å²) < 4.78 is 0. The second-order valence-electron chi connectivity index (χ2n) is 6.35. The lowest BCUT2D eigenvalue weighted by molar-refractivity contribution is -0.137. The topological polar surface area (TPSA) is 37.3 Å². The molecule has 0 saturated heterocycles. The number of carboxylic acids is 1. The Balaban J connectivity index is 3.25. The van der Waals surface area contributed by atoms with Crippen LogP contribution in [0.3, 0.4) is 0 Å². The minimum Gasteiger partial charge on any atom is -0.481 e. The van der Waals surface area contributed by atoms with Crippen molar-refractivity contribution in [3.05, 3.63) is 12.2 Å². The average molecular weight is 296 g/mol. The number of hydrogen-bond acceptors (Lipinski definition) is 1. The first-order chi connectivity index (χ1) is 10.2. The van der Waals surface area contributed by atoms with E-state index in [1.165, 1.54) is 64.2 Å². The minimum absolute atomic E-state index is 0.322. The van der Waals surface area contributed by atoms with Crippen molar-refractivity contribution in [3.8, 4) is 0 Å². The van der Waals surface area contributed by atoms with Gasteiger partial charge in [-0.05, 0) is 38.0 Å². The van der Waals surface area contributed by atoms with Gasteiger partial charge in [0.15, 0.2) is 0 Å². The normalized spacial score (nSPS) is 12.9. The van der Waals surface area contributed by atoms with Crippen molar-refractivity contribution in [2.24, 2.45) is 5.92 Å². The van der Waals surface area contributed by atoms with Gasteiger partial charge in [-0.3, -0.25) is 4.79 Å². The molecule has 0 aromatic carbocycles. The molecule has 124 valence electrons. The molecule has 2 nitrogen and oxygen atoms in total. The maximum atomic E-state index is 10.4. The van der Waals surface area contributed by atoms with Gasteiger partial charge in [-0.2, -0.15) is 0 Å². The van der Waals surface area contributed by atoms with Crippen LogP contribution in [-0.2, 0) is 4.79 Å². The Morgan fingerprint density at radius 2 is 1.48 bits per heavy atom. The van der Waals surface area contributed by atoms with E-state index in [1.807, 2.05) is 0 Å². The fourth-order valence-corrected chi connectivity index (χ4v) is 2.61. The molecule has 0 aromatic heterocycles. The summed E-state index contributed by atoms with van der Waals surface area (Å²) in [6.07, 6.45) is 20.0. The van der Waals surface area contributed by atoms with E-state index in [-0.39, 0.29) is 0 Å². The first-order valence-electron chi connectivity index (χ1n) is 9.03. The molecule has 0 fully saturated rings.